The van der Waals surface area contributed by atoms with Crippen molar-refractivity contribution < 1.29 is 4.52 Å². The molecule has 0 N–H and O–H groups in total. The molecule has 3 rings (SSSR count). The Bertz CT molecular complexity index is 587. The zero-order valence-electron chi connectivity index (χ0n) is 12.6. The van der Waals surface area contributed by atoms with Gasteiger partial charge in [0, 0.05) is 51.1 Å². The fourth-order valence-corrected chi connectivity index (χ4v) is 3.21. The van der Waals surface area contributed by atoms with Gasteiger partial charge in [0.15, 0.2) is 0 Å². The number of aryl methyl sites for hydroxylation is 1. The summed E-state index contributed by atoms with van der Waals surface area (Å²) in [7, 11) is 3.83. The van der Waals surface area contributed by atoms with Crippen molar-refractivity contribution in [2.45, 2.75) is 32.1 Å². The summed E-state index contributed by atoms with van der Waals surface area (Å²) in [5.74, 6) is 2.68. The van der Waals surface area contributed by atoms with Crippen LogP contribution >= 0.6 is 11.5 Å². The van der Waals surface area contributed by atoms with Crippen molar-refractivity contribution in [3.05, 3.63) is 11.7 Å². The molecule has 1 fully saturated rings. The van der Waals surface area contributed by atoms with E-state index in [-0.39, 0.29) is 0 Å². The van der Waals surface area contributed by atoms with Gasteiger partial charge in [-0.2, -0.15) is 9.36 Å². The minimum absolute atomic E-state index is 0.348. The number of nitrogens with zero attached hydrogens (tertiary/aromatic N) is 6. The zero-order valence-corrected chi connectivity index (χ0v) is 13.4. The first-order valence-corrected chi connectivity index (χ1v) is 8.03. The molecule has 114 valence electrons. The summed E-state index contributed by atoms with van der Waals surface area (Å²) in [5, 5.41) is 5.02. The molecule has 1 aliphatic rings. The molecule has 3 heterocycles. The van der Waals surface area contributed by atoms with Crippen LogP contribution in [0.4, 0.5) is 11.1 Å². The molecular formula is C13H20N6OS. The SMILES string of the molecule is CCc1nsc(N2CCC(c3nc(N(C)C)no3)CC2)n1. The van der Waals surface area contributed by atoms with Crippen LogP contribution in [0.2, 0.25) is 0 Å². The molecule has 1 aliphatic heterocycles. The van der Waals surface area contributed by atoms with Gasteiger partial charge in [0.1, 0.15) is 5.82 Å². The van der Waals surface area contributed by atoms with Gasteiger partial charge in [0.05, 0.1) is 0 Å². The predicted octanol–water partition coefficient (Wildman–Crippen LogP) is 1.93. The maximum absolute atomic E-state index is 5.38. The molecule has 0 saturated carbocycles. The lowest BCUT2D eigenvalue weighted by atomic mass is 9.97. The molecule has 0 aliphatic carbocycles. The van der Waals surface area contributed by atoms with E-state index in [1.54, 1.807) is 0 Å². The first-order chi connectivity index (χ1) is 10.2. The molecule has 1 saturated heterocycles. The molecule has 2 aromatic heterocycles. The second-order valence-corrected chi connectivity index (χ2v) is 6.17. The highest BCUT2D eigenvalue weighted by molar-refractivity contribution is 7.09. The number of hydrogen-bond donors (Lipinski definition) is 0. The van der Waals surface area contributed by atoms with E-state index in [1.807, 2.05) is 19.0 Å². The van der Waals surface area contributed by atoms with Crippen molar-refractivity contribution in [3.63, 3.8) is 0 Å². The Balaban J connectivity index is 1.61. The molecule has 21 heavy (non-hydrogen) atoms. The normalized spacial score (nSPS) is 16.4. The molecule has 7 nitrogen and oxygen atoms in total. The number of rotatable bonds is 4. The summed E-state index contributed by atoms with van der Waals surface area (Å²) >= 11 is 1.49. The molecule has 8 heteroatoms. The molecule has 0 spiro atoms. The highest BCUT2D eigenvalue weighted by atomic mass is 32.1. The van der Waals surface area contributed by atoms with Crippen LogP contribution in [0, 0.1) is 0 Å². The van der Waals surface area contributed by atoms with Gasteiger partial charge in [-0.25, -0.2) is 4.98 Å². The first-order valence-electron chi connectivity index (χ1n) is 7.25. The van der Waals surface area contributed by atoms with Crippen LogP contribution in [0.5, 0.6) is 0 Å². The van der Waals surface area contributed by atoms with Crippen molar-refractivity contribution in [2.24, 2.45) is 0 Å². The fraction of sp³-hybridized carbons (Fsp3) is 0.692. The van der Waals surface area contributed by atoms with E-state index < -0.39 is 0 Å². The number of aromatic nitrogens is 4. The van der Waals surface area contributed by atoms with Gasteiger partial charge >= 0.3 is 0 Å². The van der Waals surface area contributed by atoms with Crippen LogP contribution in [-0.4, -0.2) is 46.7 Å². The second kappa shape index (κ2) is 5.97. The third-order valence-electron chi connectivity index (χ3n) is 3.72. The van der Waals surface area contributed by atoms with Crippen LogP contribution in [0.15, 0.2) is 4.52 Å². The van der Waals surface area contributed by atoms with Gasteiger partial charge in [-0.15, -0.1) is 0 Å². The van der Waals surface area contributed by atoms with Gasteiger partial charge in [0.25, 0.3) is 5.95 Å². The molecule has 0 aromatic carbocycles. The van der Waals surface area contributed by atoms with Crippen molar-refractivity contribution in [1.29, 1.82) is 0 Å². The van der Waals surface area contributed by atoms with Gasteiger partial charge in [0.2, 0.25) is 11.0 Å². The molecule has 0 unspecified atom stereocenters. The minimum atomic E-state index is 0.348. The van der Waals surface area contributed by atoms with Crippen molar-refractivity contribution in [2.75, 3.05) is 37.0 Å². The molecule has 2 aromatic rings. The van der Waals surface area contributed by atoms with Crippen molar-refractivity contribution in [1.82, 2.24) is 19.5 Å². The van der Waals surface area contributed by atoms with Crippen molar-refractivity contribution >= 4 is 22.6 Å². The molecule has 0 amide bonds. The molecule has 0 atom stereocenters. The van der Waals surface area contributed by atoms with Crippen LogP contribution in [0.1, 0.15) is 37.4 Å². The van der Waals surface area contributed by atoms with E-state index in [2.05, 4.69) is 31.3 Å². The number of anilines is 2. The summed E-state index contributed by atoms with van der Waals surface area (Å²) in [6.07, 6.45) is 2.91. The average Bonchev–Trinajstić information content (AvgIpc) is 3.17. The number of piperidine rings is 1. The molecule has 0 radical (unpaired) electrons. The second-order valence-electron chi connectivity index (χ2n) is 5.44. The van der Waals surface area contributed by atoms with Gasteiger partial charge in [-0.3, -0.25) is 0 Å². The lowest BCUT2D eigenvalue weighted by molar-refractivity contribution is 0.329. The maximum atomic E-state index is 5.38. The summed E-state index contributed by atoms with van der Waals surface area (Å²) in [5.41, 5.74) is 0. The van der Waals surface area contributed by atoms with Crippen LogP contribution < -0.4 is 9.80 Å². The number of hydrogen-bond acceptors (Lipinski definition) is 8. The van der Waals surface area contributed by atoms with Gasteiger partial charge in [-0.05, 0) is 18.0 Å². The lowest BCUT2D eigenvalue weighted by Gasteiger charge is -2.29. The monoisotopic (exact) mass is 308 g/mol. The van der Waals surface area contributed by atoms with E-state index in [9.17, 15) is 0 Å². The zero-order chi connectivity index (χ0) is 14.8. The largest absolute Gasteiger partial charge is 0.347 e. The summed E-state index contributed by atoms with van der Waals surface area (Å²) in [4.78, 5) is 13.2. The van der Waals surface area contributed by atoms with E-state index >= 15 is 0 Å². The Morgan fingerprint density at radius 1 is 1.29 bits per heavy atom. The standard InChI is InChI=1S/C13H20N6OS/c1-4-10-14-13(21-17-10)19-7-5-9(6-8-19)11-15-12(16-20-11)18(2)3/h9H,4-8H2,1-3H3. The Kier molecular flexibility index (Phi) is 4.05. The Labute approximate surface area is 128 Å². The quantitative estimate of drug-likeness (QED) is 0.854. The molecular weight excluding hydrogens is 288 g/mol. The minimum Gasteiger partial charge on any atom is -0.347 e. The predicted molar refractivity (Wildman–Crippen MR) is 82.1 cm³/mol. The summed E-state index contributed by atoms with van der Waals surface area (Å²) in [6.45, 7) is 4.00. The third-order valence-corrected chi connectivity index (χ3v) is 4.53. The van der Waals surface area contributed by atoms with Gasteiger partial charge in [-0.1, -0.05) is 6.92 Å². The van der Waals surface area contributed by atoms with E-state index in [4.69, 9.17) is 4.52 Å². The topological polar surface area (TPSA) is 71.2 Å². The lowest BCUT2D eigenvalue weighted by Crippen LogP contribution is -2.32. The first kappa shape index (κ1) is 14.2. The third kappa shape index (κ3) is 2.99. The molecule has 0 bridgehead atoms. The highest BCUT2D eigenvalue weighted by Gasteiger charge is 2.27. The van der Waals surface area contributed by atoms with E-state index in [0.29, 0.717) is 11.9 Å². The van der Waals surface area contributed by atoms with Crippen molar-refractivity contribution in [3.8, 4) is 0 Å². The summed E-state index contributed by atoms with van der Waals surface area (Å²) in [6, 6.07) is 0. The highest BCUT2D eigenvalue weighted by Crippen LogP contribution is 2.30. The fourth-order valence-electron chi connectivity index (χ4n) is 2.41. The maximum Gasteiger partial charge on any atom is 0.265 e. The van der Waals surface area contributed by atoms with Crippen LogP contribution in [-0.2, 0) is 6.42 Å². The average molecular weight is 308 g/mol. The van der Waals surface area contributed by atoms with Crippen LogP contribution in [0.25, 0.3) is 0 Å². The Hall–Kier alpha value is -1.70. The van der Waals surface area contributed by atoms with E-state index in [1.165, 1.54) is 11.5 Å². The Morgan fingerprint density at radius 2 is 2.05 bits per heavy atom. The van der Waals surface area contributed by atoms with Crippen LogP contribution in [0.3, 0.4) is 0 Å². The van der Waals surface area contributed by atoms with E-state index in [0.717, 1.165) is 49.2 Å². The summed E-state index contributed by atoms with van der Waals surface area (Å²) < 4.78 is 9.73. The smallest absolute Gasteiger partial charge is 0.265 e. The van der Waals surface area contributed by atoms with Gasteiger partial charge < -0.3 is 14.3 Å². The Morgan fingerprint density at radius 3 is 2.62 bits per heavy atom.